The molecule has 5 heteroatoms. The number of alkyl halides is 1. The Balaban J connectivity index is 2.08. The first-order chi connectivity index (χ1) is 8.20. The smallest absolute Gasteiger partial charge is 0.0630 e. The van der Waals surface area contributed by atoms with Gasteiger partial charge in [0.05, 0.1) is 13.2 Å². The molecule has 0 N–H and O–H groups in total. The average Bonchev–Trinajstić information content (AvgIpc) is 2.33. The molecule has 0 aliphatic carbocycles. The van der Waals surface area contributed by atoms with Crippen LogP contribution in [-0.2, 0) is 11.3 Å². The Kier molecular flexibility index (Phi) is 5.30. The molecule has 1 saturated heterocycles. The maximum atomic E-state index is 6.24. The molecule has 1 unspecified atom stereocenters. The van der Waals surface area contributed by atoms with Gasteiger partial charge in [0.25, 0.3) is 0 Å². The molecule has 1 aliphatic heterocycles. The van der Waals surface area contributed by atoms with Crippen molar-refractivity contribution in [2.75, 3.05) is 25.1 Å². The van der Waals surface area contributed by atoms with E-state index in [1.807, 2.05) is 12.1 Å². The van der Waals surface area contributed by atoms with Crippen LogP contribution in [0.1, 0.15) is 5.56 Å². The summed E-state index contributed by atoms with van der Waals surface area (Å²) < 4.78 is 6.50. The molecule has 0 spiro atoms. The van der Waals surface area contributed by atoms with Gasteiger partial charge in [-0.25, -0.2) is 0 Å². The fraction of sp³-hybridized carbons (Fsp3) is 0.500. The van der Waals surface area contributed by atoms with E-state index in [1.54, 1.807) is 0 Å². The number of hydrogen-bond acceptors (Lipinski definition) is 2. The van der Waals surface area contributed by atoms with Gasteiger partial charge in [-0.2, -0.15) is 0 Å². The zero-order chi connectivity index (χ0) is 12.3. The summed E-state index contributed by atoms with van der Waals surface area (Å²) >= 11 is 13.2. The normalized spacial score (nSPS) is 21.7. The first kappa shape index (κ1) is 13.8. The predicted molar refractivity (Wildman–Crippen MR) is 78.0 cm³/mol. The zero-order valence-electron chi connectivity index (χ0n) is 9.33. The number of nitrogens with zero attached hydrogens (tertiary/aromatic N) is 1. The Morgan fingerprint density at radius 2 is 2.29 bits per heavy atom. The second-order valence-corrected chi connectivity index (χ2v) is 6.06. The third kappa shape index (κ3) is 3.67. The highest BCUT2D eigenvalue weighted by Crippen LogP contribution is 2.24. The molecular formula is C12H14Br2ClNO. The highest BCUT2D eigenvalue weighted by atomic mass is 79.9. The third-order valence-corrected chi connectivity index (χ3v) is 4.51. The number of hydrogen-bond donors (Lipinski definition) is 0. The first-order valence-electron chi connectivity index (χ1n) is 5.52. The van der Waals surface area contributed by atoms with Crippen LogP contribution in [0, 0.1) is 0 Å². The van der Waals surface area contributed by atoms with Gasteiger partial charge in [0, 0.05) is 34.0 Å². The lowest BCUT2D eigenvalue weighted by Gasteiger charge is -2.34. The van der Waals surface area contributed by atoms with Gasteiger partial charge < -0.3 is 4.74 Å². The fourth-order valence-electron chi connectivity index (χ4n) is 1.91. The lowest BCUT2D eigenvalue weighted by molar-refractivity contribution is -0.00211. The summed E-state index contributed by atoms with van der Waals surface area (Å²) in [6, 6.07) is 6.49. The molecule has 0 radical (unpaired) electrons. The molecule has 1 atom stereocenters. The van der Waals surface area contributed by atoms with Gasteiger partial charge in [-0.1, -0.05) is 49.5 Å². The minimum absolute atomic E-state index is 0.434. The van der Waals surface area contributed by atoms with E-state index in [2.05, 4.69) is 42.8 Å². The van der Waals surface area contributed by atoms with Crippen LogP contribution in [0.25, 0.3) is 0 Å². The van der Waals surface area contributed by atoms with Crippen molar-refractivity contribution >= 4 is 43.5 Å². The average molecular weight is 384 g/mol. The second-order valence-electron chi connectivity index (χ2n) is 4.09. The van der Waals surface area contributed by atoms with Gasteiger partial charge >= 0.3 is 0 Å². The zero-order valence-corrected chi connectivity index (χ0v) is 13.3. The van der Waals surface area contributed by atoms with E-state index in [1.165, 1.54) is 5.56 Å². The van der Waals surface area contributed by atoms with Crippen LogP contribution in [0.2, 0.25) is 5.02 Å². The largest absolute Gasteiger partial charge is 0.378 e. The van der Waals surface area contributed by atoms with Crippen molar-refractivity contribution < 1.29 is 4.74 Å². The van der Waals surface area contributed by atoms with Gasteiger partial charge in [0.15, 0.2) is 0 Å². The van der Waals surface area contributed by atoms with E-state index in [0.29, 0.717) is 6.04 Å². The molecular weight excluding hydrogens is 369 g/mol. The van der Waals surface area contributed by atoms with E-state index in [9.17, 15) is 0 Å². The number of rotatable bonds is 3. The molecule has 1 aliphatic rings. The van der Waals surface area contributed by atoms with Crippen molar-refractivity contribution in [3.05, 3.63) is 33.3 Å². The highest BCUT2D eigenvalue weighted by molar-refractivity contribution is 9.10. The monoisotopic (exact) mass is 381 g/mol. The molecule has 0 saturated carbocycles. The van der Waals surface area contributed by atoms with Crippen molar-refractivity contribution in [3.8, 4) is 0 Å². The summed E-state index contributed by atoms with van der Waals surface area (Å²) in [6.45, 7) is 3.44. The maximum absolute atomic E-state index is 6.24. The van der Waals surface area contributed by atoms with Gasteiger partial charge in [0.1, 0.15) is 0 Å². The summed E-state index contributed by atoms with van der Waals surface area (Å²) in [5, 5.41) is 1.75. The predicted octanol–water partition coefficient (Wildman–Crippen LogP) is 3.70. The minimum Gasteiger partial charge on any atom is -0.378 e. The van der Waals surface area contributed by atoms with Crippen molar-refractivity contribution in [2.45, 2.75) is 12.6 Å². The van der Waals surface area contributed by atoms with Crippen LogP contribution in [0.15, 0.2) is 22.7 Å². The van der Waals surface area contributed by atoms with Crippen molar-refractivity contribution in [1.82, 2.24) is 4.90 Å². The van der Waals surface area contributed by atoms with Gasteiger partial charge in [0.2, 0.25) is 0 Å². The summed E-state index contributed by atoms with van der Waals surface area (Å²) in [4.78, 5) is 2.41. The summed E-state index contributed by atoms with van der Waals surface area (Å²) in [5.41, 5.74) is 1.17. The Bertz CT molecular complexity index is 389. The molecule has 2 rings (SSSR count). The van der Waals surface area contributed by atoms with E-state index < -0.39 is 0 Å². The Hall–Kier alpha value is 0.390. The first-order valence-corrected chi connectivity index (χ1v) is 7.81. The SMILES string of the molecule is Clc1cc(Br)ccc1CN1CCOCC1CBr. The molecule has 1 fully saturated rings. The molecule has 1 aromatic rings. The van der Waals surface area contributed by atoms with E-state index >= 15 is 0 Å². The van der Waals surface area contributed by atoms with Crippen LogP contribution in [0.4, 0.5) is 0 Å². The standard InChI is InChI=1S/C12H14Br2ClNO/c13-6-11-8-17-4-3-16(11)7-9-1-2-10(14)5-12(9)15/h1-2,5,11H,3-4,6-8H2. The van der Waals surface area contributed by atoms with Gasteiger partial charge in [-0.3, -0.25) is 4.90 Å². The highest BCUT2D eigenvalue weighted by Gasteiger charge is 2.22. The summed E-state index contributed by atoms with van der Waals surface area (Å²) in [7, 11) is 0. The molecule has 0 aromatic heterocycles. The summed E-state index contributed by atoms with van der Waals surface area (Å²) in [6.07, 6.45) is 0. The summed E-state index contributed by atoms with van der Waals surface area (Å²) in [5.74, 6) is 0. The molecule has 1 heterocycles. The molecule has 17 heavy (non-hydrogen) atoms. The van der Waals surface area contributed by atoms with Gasteiger partial charge in [-0.15, -0.1) is 0 Å². The number of halogens is 3. The Morgan fingerprint density at radius 3 is 3.00 bits per heavy atom. The van der Waals surface area contributed by atoms with Gasteiger partial charge in [-0.05, 0) is 17.7 Å². The van der Waals surface area contributed by atoms with Crippen LogP contribution >= 0.6 is 43.5 Å². The van der Waals surface area contributed by atoms with E-state index in [-0.39, 0.29) is 0 Å². The third-order valence-electron chi connectivity index (χ3n) is 2.92. The minimum atomic E-state index is 0.434. The van der Waals surface area contributed by atoms with Crippen LogP contribution < -0.4 is 0 Å². The van der Waals surface area contributed by atoms with Crippen LogP contribution in [0.5, 0.6) is 0 Å². The molecule has 0 amide bonds. The number of morpholine rings is 1. The lowest BCUT2D eigenvalue weighted by atomic mass is 10.1. The van der Waals surface area contributed by atoms with E-state index in [0.717, 1.165) is 41.1 Å². The second kappa shape index (κ2) is 6.53. The molecule has 1 aromatic carbocycles. The molecule has 0 bridgehead atoms. The maximum Gasteiger partial charge on any atom is 0.0630 e. The van der Waals surface area contributed by atoms with Crippen LogP contribution in [-0.4, -0.2) is 36.0 Å². The molecule has 94 valence electrons. The van der Waals surface area contributed by atoms with E-state index in [4.69, 9.17) is 16.3 Å². The Labute approximate surface area is 124 Å². The van der Waals surface area contributed by atoms with Crippen molar-refractivity contribution in [3.63, 3.8) is 0 Å². The van der Waals surface area contributed by atoms with Crippen molar-refractivity contribution in [1.29, 1.82) is 0 Å². The fourth-order valence-corrected chi connectivity index (χ4v) is 3.24. The number of ether oxygens (including phenoxy) is 1. The molecule has 2 nitrogen and oxygen atoms in total. The topological polar surface area (TPSA) is 12.5 Å². The number of benzene rings is 1. The Morgan fingerprint density at radius 1 is 1.47 bits per heavy atom. The van der Waals surface area contributed by atoms with Crippen LogP contribution in [0.3, 0.4) is 0 Å². The quantitative estimate of drug-likeness (QED) is 0.738. The lowest BCUT2D eigenvalue weighted by Crippen LogP contribution is -2.45. The van der Waals surface area contributed by atoms with Crippen molar-refractivity contribution in [2.24, 2.45) is 0 Å².